The molecule has 0 amide bonds. The number of nitrogens with one attached hydrogen (secondary N) is 1. The molecule has 4 saturated heterocycles. The average molecular weight is 577 g/mol. The van der Waals surface area contributed by atoms with Crippen molar-refractivity contribution in [3.63, 3.8) is 0 Å². The number of hydrogen-bond donors (Lipinski definition) is 1. The minimum atomic E-state index is -2.13. The Balaban J connectivity index is 1.64. The molecule has 206 valence electrons. The van der Waals surface area contributed by atoms with Crippen molar-refractivity contribution >= 4 is 46.7 Å². The lowest BCUT2D eigenvalue weighted by Gasteiger charge is -2.45. The van der Waals surface area contributed by atoms with E-state index in [1.807, 2.05) is 0 Å². The van der Waals surface area contributed by atoms with Gasteiger partial charge in [-0.25, -0.2) is 0 Å². The first kappa shape index (κ1) is 28.5. The summed E-state index contributed by atoms with van der Waals surface area (Å²) in [5.41, 5.74) is 0. The zero-order valence-corrected chi connectivity index (χ0v) is 23.3. The summed E-state index contributed by atoms with van der Waals surface area (Å²) in [6, 6.07) is 0. The van der Waals surface area contributed by atoms with Gasteiger partial charge < -0.3 is 42.6 Å². The van der Waals surface area contributed by atoms with E-state index in [1.54, 1.807) is 41.5 Å². The normalized spacial score (nSPS) is 43.4. The van der Waals surface area contributed by atoms with Crippen molar-refractivity contribution in [2.45, 2.75) is 125 Å². The van der Waals surface area contributed by atoms with Crippen LogP contribution in [0.5, 0.6) is 0 Å². The van der Waals surface area contributed by atoms with Crippen LogP contribution in [0.4, 0.5) is 0 Å². The Morgan fingerprint density at radius 1 is 0.778 bits per heavy atom. The van der Waals surface area contributed by atoms with Crippen molar-refractivity contribution in [1.29, 1.82) is 5.41 Å². The highest BCUT2D eigenvalue weighted by atomic mass is 35.6. The van der Waals surface area contributed by atoms with E-state index in [2.05, 4.69) is 0 Å². The molecule has 0 radical (unpaired) electrons. The third-order valence-electron chi connectivity index (χ3n) is 6.22. The van der Waals surface area contributed by atoms with Crippen LogP contribution in [-0.2, 0) is 47.4 Å². The van der Waals surface area contributed by atoms with Gasteiger partial charge in [-0.3, -0.25) is 10.2 Å². The molecule has 14 heteroatoms. The maximum Gasteiger partial charge on any atom is 0.303 e. The number of carbonyl (C=O) groups is 1. The van der Waals surface area contributed by atoms with Gasteiger partial charge in [-0.1, -0.05) is 34.8 Å². The Morgan fingerprint density at radius 3 is 1.69 bits per heavy atom. The van der Waals surface area contributed by atoms with Gasteiger partial charge in [0.25, 0.3) is 3.79 Å². The number of alkyl halides is 3. The summed E-state index contributed by atoms with van der Waals surface area (Å²) in [4.78, 5) is 12.0. The highest BCUT2D eigenvalue weighted by Gasteiger charge is 2.60. The highest BCUT2D eigenvalue weighted by molar-refractivity contribution is 6.76. The van der Waals surface area contributed by atoms with Gasteiger partial charge in [0.15, 0.2) is 30.1 Å². The minimum Gasteiger partial charge on any atom is -0.454 e. The van der Waals surface area contributed by atoms with Crippen LogP contribution in [0.25, 0.3) is 0 Å². The van der Waals surface area contributed by atoms with E-state index in [0.717, 1.165) is 0 Å². The van der Waals surface area contributed by atoms with E-state index in [0.29, 0.717) is 0 Å². The number of esters is 1. The number of ether oxygens (including phenoxy) is 9. The summed E-state index contributed by atoms with van der Waals surface area (Å²) in [5, 5.41) is 8.06. The molecular formula is C22H32Cl3NO10. The van der Waals surface area contributed by atoms with Gasteiger partial charge in [0, 0.05) is 6.92 Å². The van der Waals surface area contributed by atoms with Crippen LogP contribution in [0.15, 0.2) is 0 Å². The van der Waals surface area contributed by atoms with Crippen molar-refractivity contribution in [3.8, 4) is 0 Å². The summed E-state index contributed by atoms with van der Waals surface area (Å²) in [6.07, 6.45) is -7.85. The fourth-order valence-corrected chi connectivity index (χ4v) is 5.04. The minimum absolute atomic E-state index is 0.483. The quantitative estimate of drug-likeness (QED) is 0.231. The molecule has 0 aromatic heterocycles. The maximum atomic E-state index is 12.0. The van der Waals surface area contributed by atoms with Gasteiger partial charge in [0.05, 0.1) is 12.2 Å². The summed E-state index contributed by atoms with van der Waals surface area (Å²) in [6.45, 7) is 11.9. The third kappa shape index (κ3) is 5.90. The molecular weight excluding hydrogens is 545 g/mol. The number of carbonyl (C=O) groups excluding carboxylic acids is 1. The predicted molar refractivity (Wildman–Crippen MR) is 126 cm³/mol. The van der Waals surface area contributed by atoms with Gasteiger partial charge in [0.1, 0.15) is 24.4 Å². The molecule has 0 aromatic carbocycles. The maximum absolute atomic E-state index is 12.0. The third-order valence-corrected chi connectivity index (χ3v) is 6.73. The smallest absolute Gasteiger partial charge is 0.303 e. The summed E-state index contributed by atoms with van der Waals surface area (Å²) >= 11 is 17.5. The van der Waals surface area contributed by atoms with Crippen molar-refractivity contribution in [2.75, 3.05) is 0 Å². The van der Waals surface area contributed by atoms with E-state index < -0.39 is 88.6 Å². The lowest BCUT2D eigenvalue weighted by atomic mass is 9.98. The number of rotatable bonds is 4. The number of halogens is 3. The molecule has 4 fully saturated rings. The van der Waals surface area contributed by atoms with Gasteiger partial charge in [-0.15, -0.1) is 0 Å². The Morgan fingerprint density at radius 2 is 1.22 bits per heavy atom. The topological polar surface area (TPSA) is 124 Å². The first-order valence-corrected chi connectivity index (χ1v) is 12.8. The van der Waals surface area contributed by atoms with Gasteiger partial charge in [-0.2, -0.15) is 0 Å². The second-order valence-electron chi connectivity index (χ2n) is 10.2. The standard InChI is InChI=1S/C22H32Cl3NO10/c1-8-11-13(35-20(4,5)33-11)15(30-10(3)27)17(28-8)31-16-14-12(34-21(6,7)36-14)9(2)29-18(16)32-19(26)22(23,24)25/h8-9,11-18,26H,1-7H3/t8-,9-,11+,12+,13+,14+,15-,16-,17-,18+/m0/s1. The largest absolute Gasteiger partial charge is 0.454 e. The number of fused-ring (bicyclic) bond motifs is 2. The fourth-order valence-electron chi connectivity index (χ4n) is 4.91. The van der Waals surface area contributed by atoms with Gasteiger partial charge in [-0.05, 0) is 41.5 Å². The highest BCUT2D eigenvalue weighted by Crippen LogP contribution is 2.43. The summed E-state index contributed by atoms with van der Waals surface area (Å²) in [5.74, 6) is -3.11. The molecule has 0 aliphatic carbocycles. The average Bonchev–Trinajstić information content (AvgIpc) is 3.22. The van der Waals surface area contributed by atoms with Crippen LogP contribution in [-0.4, -0.2) is 88.6 Å². The van der Waals surface area contributed by atoms with Crippen LogP contribution in [0, 0.1) is 5.41 Å². The monoisotopic (exact) mass is 575 g/mol. The molecule has 4 aliphatic heterocycles. The Hall–Kier alpha value is -0.470. The van der Waals surface area contributed by atoms with Crippen LogP contribution < -0.4 is 0 Å². The van der Waals surface area contributed by atoms with E-state index in [-0.39, 0.29) is 0 Å². The van der Waals surface area contributed by atoms with Crippen molar-refractivity contribution < 1.29 is 47.4 Å². The van der Waals surface area contributed by atoms with E-state index in [4.69, 9.17) is 82.8 Å². The Kier molecular flexibility index (Phi) is 7.87. The molecule has 0 spiro atoms. The molecule has 4 heterocycles. The molecule has 4 rings (SSSR count). The summed E-state index contributed by atoms with van der Waals surface area (Å²) < 4.78 is 51.7. The molecule has 11 nitrogen and oxygen atoms in total. The van der Waals surface area contributed by atoms with Crippen molar-refractivity contribution in [3.05, 3.63) is 0 Å². The van der Waals surface area contributed by atoms with E-state index >= 15 is 0 Å². The first-order valence-electron chi connectivity index (χ1n) is 11.6. The summed E-state index contributed by atoms with van der Waals surface area (Å²) in [7, 11) is 0. The fraction of sp³-hybridized carbons (Fsp3) is 0.909. The lowest BCUT2D eigenvalue weighted by Crippen LogP contribution is -2.63. The molecule has 36 heavy (non-hydrogen) atoms. The Labute approximate surface area is 224 Å². The van der Waals surface area contributed by atoms with Gasteiger partial charge in [0.2, 0.25) is 12.2 Å². The van der Waals surface area contributed by atoms with Crippen LogP contribution >= 0.6 is 34.8 Å². The van der Waals surface area contributed by atoms with Crippen LogP contribution in [0.3, 0.4) is 0 Å². The van der Waals surface area contributed by atoms with Crippen LogP contribution in [0.1, 0.15) is 48.5 Å². The molecule has 10 atom stereocenters. The van der Waals surface area contributed by atoms with E-state index in [1.165, 1.54) is 6.92 Å². The SMILES string of the molecule is CC(=O)O[C@@H]1[C@H](O[C@@H]2[C@@H](OC(=N)C(Cl)(Cl)Cl)O[C@@H](C)[C@H]3OC(C)(C)O[C@@H]23)O[C@@H](C)[C@H]2OC(C)(C)O[C@@H]12. The molecule has 0 aromatic rings. The molecule has 0 unspecified atom stereocenters. The lowest BCUT2D eigenvalue weighted by molar-refractivity contribution is -0.339. The zero-order valence-electron chi connectivity index (χ0n) is 21.0. The van der Waals surface area contributed by atoms with Crippen molar-refractivity contribution in [2.24, 2.45) is 0 Å². The van der Waals surface area contributed by atoms with Crippen molar-refractivity contribution in [1.82, 2.24) is 0 Å². The molecule has 0 saturated carbocycles. The number of hydrogen-bond acceptors (Lipinski definition) is 11. The second-order valence-corrected chi connectivity index (χ2v) is 12.4. The molecule has 4 aliphatic rings. The zero-order chi connectivity index (χ0) is 26.8. The predicted octanol–water partition coefficient (Wildman–Crippen LogP) is 3.20. The van der Waals surface area contributed by atoms with E-state index in [9.17, 15) is 4.79 Å². The van der Waals surface area contributed by atoms with Gasteiger partial charge >= 0.3 is 5.97 Å². The van der Waals surface area contributed by atoms with Crippen LogP contribution in [0.2, 0.25) is 0 Å². The first-order chi connectivity index (χ1) is 16.5. The molecule has 0 bridgehead atoms. The Bertz CT molecular complexity index is 868. The molecule has 1 N–H and O–H groups in total. The second kappa shape index (κ2) is 9.93.